The molecule has 0 aromatic heterocycles. The van der Waals surface area contributed by atoms with Crippen LogP contribution in [0.1, 0.15) is 17.2 Å². The standard InChI is InChI=1S/C18H15Cl2F3N2O/c19-12-5-6-15-13(9-12)17(18(21,22)23)25(10-16(26)24-15)8-7-11-3-1-2-4-14(11)20/h1-6,9,17H,7-8,10H2,(H,24,26). The molecule has 1 aliphatic heterocycles. The molecule has 1 atom stereocenters. The van der Waals surface area contributed by atoms with E-state index in [9.17, 15) is 18.0 Å². The topological polar surface area (TPSA) is 32.3 Å². The zero-order valence-electron chi connectivity index (χ0n) is 13.5. The summed E-state index contributed by atoms with van der Waals surface area (Å²) in [6.07, 6.45) is -4.28. The van der Waals surface area contributed by atoms with Gasteiger partial charge in [-0.05, 0) is 36.2 Å². The van der Waals surface area contributed by atoms with Crippen molar-refractivity contribution in [2.45, 2.75) is 18.6 Å². The molecule has 0 fully saturated rings. The number of hydrogen-bond acceptors (Lipinski definition) is 2. The van der Waals surface area contributed by atoms with Crippen LogP contribution in [0.15, 0.2) is 42.5 Å². The maximum absolute atomic E-state index is 13.9. The first-order valence-electron chi connectivity index (χ1n) is 7.89. The van der Waals surface area contributed by atoms with Gasteiger partial charge in [-0.2, -0.15) is 13.2 Å². The summed E-state index contributed by atoms with van der Waals surface area (Å²) in [6.45, 7) is -0.353. The van der Waals surface area contributed by atoms with Gasteiger partial charge in [0.15, 0.2) is 0 Å². The normalized spacial score (nSPS) is 18.2. The number of rotatable bonds is 3. The minimum absolute atomic E-state index is 0.0211. The highest BCUT2D eigenvalue weighted by atomic mass is 35.5. The first kappa shape index (κ1) is 19.0. The van der Waals surface area contributed by atoms with Gasteiger partial charge >= 0.3 is 6.18 Å². The minimum atomic E-state index is -4.56. The fourth-order valence-corrected chi connectivity index (χ4v) is 3.50. The van der Waals surface area contributed by atoms with E-state index in [-0.39, 0.29) is 35.8 Å². The lowest BCUT2D eigenvalue weighted by Crippen LogP contribution is -2.41. The summed E-state index contributed by atoms with van der Waals surface area (Å²) in [5.41, 5.74) is 0.794. The molecule has 0 bridgehead atoms. The van der Waals surface area contributed by atoms with Gasteiger partial charge in [-0.25, -0.2) is 0 Å². The number of nitrogens with zero attached hydrogens (tertiary/aromatic N) is 1. The first-order chi connectivity index (χ1) is 12.3. The average Bonchev–Trinajstić information content (AvgIpc) is 2.68. The Balaban J connectivity index is 1.96. The van der Waals surface area contributed by atoms with Gasteiger partial charge in [-0.3, -0.25) is 9.69 Å². The maximum Gasteiger partial charge on any atom is 0.408 e. The summed E-state index contributed by atoms with van der Waals surface area (Å²) in [5.74, 6) is -0.500. The fourth-order valence-electron chi connectivity index (χ4n) is 3.09. The summed E-state index contributed by atoms with van der Waals surface area (Å²) >= 11 is 12.0. The van der Waals surface area contributed by atoms with Gasteiger partial charge < -0.3 is 5.32 Å². The van der Waals surface area contributed by atoms with E-state index in [0.29, 0.717) is 5.02 Å². The van der Waals surface area contributed by atoms with Crippen molar-refractivity contribution in [2.24, 2.45) is 0 Å². The predicted octanol–water partition coefficient (Wildman–Crippen LogP) is 5.09. The molecule has 138 valence electrons. The van der Waals surface area contributed by atoms with Crippen molar-refractivity contribution in [3.63, 3.8) is 0 Å². The van der Waals surface area contributed by atoms with Crippen molar-refractivity contribution in [3.8, 4) is 0 Å². The molecule has 3 nitrogen and oxygen atoms in total. The van der Waals surface area contributed by atoms with Crippen LogP contribution in [0.4, 0.5) is 18.9 Å². The molecule has 8 heteroatoms. The quantitative estimate of drug-likeness (QED) is 0.774. The molecule has 1 N–H and O–H groups in total. The maximum atomic E-state index is 13.9. The molecule has 0 saturated heterocycles. The van der Waals surface area contributed by atoms with Crippen LogP contribution in [0.2, 0.25) is 10.0 Å². The SMILES string of the molecule is O=C1CN(CCc2ccccc2Cl)C(C(F)(F)F)c2cc(Cl)ccc2N1. The van der Waals surface area contributed by atoms with Crippen LogP contribution in [-0.4, -0.2) is 30.1 Å². The Bertz CT molecular complexity index is 826. The van der Waals surface area contributed by atoms with E-state index in [0.717, 1.165) is 10.5 Å². The van der Waals surface area contributed by atoms with Gasteiger partial charge in [0.05, 0.1) is 6.54 Å². The van der Waals surface area contributed by atoms with E-state index in [1.54, 1.807) is 24.3 Å². The zero-order chi connectivity index (χ0) is 18.9. The van der Waals surface area contributed by atoms with Gasteiger partial charge in [0.2, 0.25) is 5.91 Å². The van der Waals surface area contributed by atoms with Crippen LogP contribution < -0.4 is 5.32 Å². The van der Waals surface area contributed by atoms with Crippen LogP contribution in [0.3, 0.4) is 0 Å². The lowest BCUT2D eigenvalue weighted by atomic mass is 10.0. The molecule has 1 unspecified atom stereocenters. The molecule has 1 aliphatic rings. The molecule has 1 heterocycles. The Morgan fingerprint density at radius 1 is 1.15 bits per heavy atom. The molecule has 0 spiro atoms. The number of alkyl halides is 3. The number of carbonyl (C=O) groups is 1. The van der Waals surface area contributed by atoms with Crippen LogP contribution in [0, 0.1) is 0 Å². The lowest BCUT2D eigenvalue weighted by Gasteiger charge is -2.31. The third-order valence-corrected chi connectivity index (χ3v) is 4.83. The molecule has 3 rings (SSSR count). The number of amides is 1. The molecular formula is C18H15Cl2F3N2O. The fraction of sp³-hybridized carbons (Fsp3) is 0.278. The van der Waals surface area contributed by atoms with Gasteiger partial charge in [0, 0.05) is 27.8 Å². The summed E-state index contributed by atoms with van der Waals surface area (Å²) in [5, 5.41) is 3.19. The van der Waals surface area contributed by atoms with Gasteiger partial charge in [0.1, 0.15) is 6.04 Å². The number of benzene rings is 2. The van der Waals surface area contributed by atoms with Crippen molar-refractivity contribution in [1.82, 2.24) is 4.90 Å². The molecule has 2 aromatic rings. The summed E-state index contributed by atoms with van der Waals surface area (Å²) < 4.78 is 41.6. The van der Waals surface area contributed by atoms with Gasteiger partial charge in [0.25, 0.3) is 0 Å². The highest BCUT2D eigenvalue weighted by molar-refractivity contribution is 6.31. The second-order valence-electron chi connectivity index (χ2n) is 6.04. The Hall–Kier alpha value is -1.76. The number of anilines is 1. The van der Waals surface area contributed by atoms with E-state index in [1.807, 2.05) is 0 Å². The number of halogens is 5. The van der Waals surface area contributed by atoms with Gasteiger partial charge in [-0.1, -0.05) is 41.4 Å². The Morgan fingerprint density at radius 2 is 1.88 bits per heavy atom. The largest absolute Gasteiger partial charge is 0.408 e. The molecule has 0 saturated carbocycles. The van der Waals surface area contributed by atoms with Crippen LogP contribution in [-0.2, 0) is 11.2 Å². The van der Waals surface area contributed by atoms with E-state index >= 15 is 0 Å². The Kier molecular flexibility index (Phi) is 5.46. The van der Waals surface area contributed by atoms with Crippen molar-refractivity contribution >= 4 is 34.8 Å². The molecule has 2 aromatic carbocycles. The third-order valence-electron chi connectivity index (χ3n) is 4.23. The molecule has 1 amide bonds. The highest BCUT2D eigenvalue weighted by Gasteiger charge is 2.47. The lowest BCUT2D eigenvalue weighted by molar-refractivity contribution is -0.186. The van der Waals surface area contributed by atoms with Gasteiger partial charge in [-0.15, -0.1) is 0 Å². The zero-order valence-corrected chi connectivity index (χ0v) is 15.0. The third kappa shape index (κ3) is 4.14. The van der Waals surface area contributed by atoms with Crippen molar-refractivity contribution in [2.75, 3.05) is 18.4 Å². The first-order valence-corrected chi connectivity index (χ1v) is 8.65. The van der Waals surface area contributed by atoms with E-state index in [4.69, 9.17) is 23.2 Å². The Labute approximate surface area is 158 Å². The van der Waals surface area contributed by atoms with Crippen molar-refractivity contribution in [3.05, 3.63) is 63.6 Å². The summed E-state index contributed by atoms with van der Waals surface area (Å²) in [7, 11) is 0. The number of hydrogen-bond donors (Lipinski definition) is 1. The minimum Gasteiger partial charge on any atom is -0.325 e. The van der Waals surface area contributed by atoms with E-state index in [2.05, 4.69) is 5.32 Å². The van der Waals surface area contributed by atoms with Crippen molar-refractivity contribution < 1.29 is 18.0 Å². The van der Waals surface area contributed by atoms with Crippen molar-refractivity contribution in [1.29, 1.82) is 0 Å². The number of fused-ring (bicyclic) bond motifs is 1. The molecule has 0 radical (unpaired) electrons. The van der Waals surface area contributed by atoms with Crippen LogP contribution in [0.25, 0.3) is 0 Å². The monoisotopic (exact) mass is 402 g/mol. The Morgan fingerprint density at radius 3 is 2.58 bits per heavy atom. The molecule has 26 heavy (non-hydrogen) atoms. The molecule has 0 aliphatic carbocycles. The van der Waals surface area contributed by atoms with Crippen LogP contribution >= 0.6 is 23.2 Å². The van der Waals surface area contributed by atoms with E-state index < -0.39 is 18.1 Å². The second-order valence-corrected chi connectivity index (χ2v) is 6.88. The second kappa shape index (κ2) is 7.47. The number of nitrogens with one attached hydrogen (secondary N) is 1. The summed E-state index contributed by atoms with van der Waals surface area (Å²) in [6, 6.07) is 9.13. The van der Waals surface area contributed by atoms with Crippen LogP contribution in [0.5, 0.6) is 0 Å². The summed E-state index contributed by atoms with van der Waals surface area (Å²) in [4.78, 5) is 13.2. The highest BCUT2D eigenvalue weighted by Crippen LogP contribution is 2.43. The van der Waals surface area contributed by atoms with E-state index in [1.165, 1.54) is 18.2 Å². The smallest absolute Gasteiger partial charge is 0.325 e. The number of carbonyl (C=O) groups excluding carboxylic acids is 1. The predicted molar refractivity (Wildman–Crippen MR) is 95.6 cm³/mol. The average molecular weight is 403 g/mol. The molecular weight excluding hydrogens is 388 g/mol.